The lowest BCUT2D eigenvalue weighted by molar-refractivity contribution is -0.152. The molecule has 0 aliphatic rings. The van der Waals surface area contributed by atoms with Crippen molar-refractivity contribution >= 4 is 23.5 Å². The fraction of sp³-hybridized carbons (Fsp3) is 0.467. The molecule has 0 bridgehead atoms. The van der Waals surface area contributed by atoms with Gasteiger partial charge in [-0.2, -0.15) is 0 Å². The fourth-order valence-corrected chi connectivity index (χ4v) is 1.95. The van der Waals surface area contributed by atoms with Crippen molar-refractivity contribution in [1.29, 1.82) is 0 Å². The minimum atomic E-state index is -1.18. The smallest absolute Gasteiger partial charge is 0.331 e. The molecule has 1 aromatic rings. The monoisotopic (exact) mass is 315 g/mol. The SMILES string of the molecule is COC(=O)C(C)(NC(=O)C(Cl)c1ccc(F)cc1)C(C)C. The Bertz CT molecular complexity index is 518. The van der Waals surface area contributed by atoms with Gasteiger partial charge in [-0.1, -0.05) is 26.0 Å². The number of alkyl halides is 1. The summed E-state index contributed by atoms with van der Waals surface area (Å²) in [5.74, 6) is -1.69. The van der Waals surface area contributed by atoms with Gasteiger partial charge in [0.15, 0.2) is 0 Å². The summed E-state index contributed by atoms with van der Waals surface area (Å²) in [6, 6.07) is 5.30. The molecule has 0 saturated carbocycles. The van der Waals surface area contributed by atoms with Gasteiger partial charge in [0, 0.05) is 0 Å². The maximum atomic E-state index is 12.9. The number of methoxy groups -OCH3 is 1. The number of carbonyl (C=O) groups is 2. The number of halogens is 2. The van der Waals surface area contributed by atoms with E-state index < -0.39 is 28.6 Å². The first-order valence-electron chi connectivity index (χ1n) is 6.52. The lowest BCUT2D eigenvalue weighted by Crippen LogP contribution is -2.57. The second-order valence-corrected chi connectivity index (χ2v) is 5.69. The van der Waals surface area contributed by atoms with Crippen molar-refractivity contribution in [2.45, 2.75) is 31.7 Å². The van der Waals surface area contributed by atoms with Crippen LogP contribution in [0.15, 0.2) is 24.3 Å². The van der Waals surface area contributed by atoms with Gasteiger partial charge in [-0.15, -0.1) is 11.6 Å². The van der Waals surface area contributed by atoms with Crippen molar-refractivity contribution in [3.8, 4) is 0 Å². The van der Waals surface area contributed by atoms with E-state index in [0.29, 0.717) is 5.56 Å². The van der Waals surface area contributed by atoms with Crippen molar-refractivity contribution in [1.82, 2.24) is 5.32 Å². The van der Waals surface area contributed by atoms with Crippen LogP contribution in [-0.2, 0) is 14.3 Å². The number of rotatable bonds is 5. The molecule has 4 nitrogen and oxygen atoms in total. The summed E-state index contributed by atoms with van der Waals surface area (Å²) < 4.78 is 17.6. The van der Waals surface area contributed by atoms with Crippen molar-refractivity contribution in [2.75, 3.05) is 7.11 Å². The van der Waals surface area contributed by atoms with Crippen LogP contribution in [0.25, 0.3) is 0 Å². The zero-order valence-electron chi connectivity index (χ0n) is 12.4. The van der Waals surface area contributed by atoms with E-state index in [2.05, 4.69) is 5.32 Å². The fourth-order valence-electron chi connectivity index (χ4n) is 1.75. The highest BCUT2D eigenvalue weighted by Crippen LogP contribution is 2.24. The topological polar surface area (TPSA) is 55.4 Å². The highest BCUT2D eigenvalue weighted by molar-refractivity contribution is 6.31. The molecule has 116 valence electrons. The van der Waals surface area contributed by atoms with Gasteiger partial charge >= 0.3 is 5.97 Å². The number of hydrogen-bond acceptors (Lipinski definition) is 3. The summed E-state index contributed by atoms with van der Waals surface area (Å²) in [5, 5.41) is 1.60. The van der Waals surface area contributed by atoms with E-state index >= 15 is 0 Å². The Morgan fingerprint density at radius 1 is 1.29 bits per heavy atom. The molecular formula is C15H19ClFNO3. The molecule has 0 radical (unpaired) electrons. The van der Waals surface area contributed by atoms with Crippen LogP contribution in [0.4, 0.5) is 4.39 Å². The Morgan fingerprint density at radius 3 is 2.24 bits per heavy atom. The molecule has 1 aromatic carbocycles. The second kappa shape index (κ2) is 6.89. The zero-order valence-corrected chi connectivity index (χ0v) is 13.2. The van der Waals surface area contributed by atoms with Gasteiger partial charge < -0.3 is 10.1 Å². The van der Waals surface area contributed by atoms with E-state index in [1.807, 2.05) is 0 Å². The van der Waals surface area contributed by atoms with Crippen LogP contribution >= 0.6 is 11.6 Å². The third-order valence-corrected chi connectivity index (χ3v) is 3.99. The Hall–Kier alpha value is -1.62. The van der Waals surface area contributed by atoms with Crippen LogP contribution in [-0.4, -0.2) is 24.5 Å². The van der Waals surface area contributed by atoms with Crippen LogP contribution in [0.5, 0.6) is 0 Å². The molecule has 0 heterocycles. The number of hydrogen-bond donors (Lipinski definition) is 1. The summed E-state index contributed by atoms with van der Waals surface area (Å²) in [6.07, 6.45) is 0. The molecular weight excluding hydrogens is 297 g/mol. The third-order valence-electron chi connectivity index (χ3n) is 3.54. The first-order chi connectivity index (χ1) is 9.72. The van der Waals surface area contributed by atoms with E-state index in [1.165, 1.54) is 31.4 Å². The first kappa shape index (κ1) is 17.4. The zero-order chi connectivity index (χ0) is 16.2. The molecule has 0 aromatic heterocycles. The Balaban J connectivity index is 2.92. The molecule has 0 fully saturated rings. The summed E-state index contributed by atoms with van der Waals surface area (Å²) in [5.41, 5.74) is -0.731. The summed E-state index contributed by atoms with van der Waals surface area (Å²) in [7, 11) is 1.26. The largest absolute Gasteiger partial charge is 0.467 e. The molecule has 1 N–H and O–H groups in total. The summed E-state index contributed by atoms with van der Waals surface area (Å²) in [6.45, 7) is 5.16. The van der Waals surface area contributed by atoms with Crippen LogP contribution in [0.1, 0.15) is 31.7 Å². The van der Waals surface area contributed by atoms with Gasteiger partial charge in [0.2, 0.25) is 5.91 Å². The van der Waals surface area contributed by atoms with Crippen molar-refractivity contribution in [3.05, 3.63) is 35.6 Å². The van der Waals surface area contributed by atoms with Gasteiger partial charge in [-0.05, 0) is 30.5 Å². The summed E-state index contributed by atoms with van der Waals surface area (Å²) in [4.78, 5) is 24.1. The van der Waals surface area contributed by atoms with E-state index in [9.17, 15) is 14.0 Å². The minimum Gasteiger partial charge on any atom is -0.467 e. The van der Waals surface area contributed by atoms with E-state index in [1.54, 1.807) is 20.8 Å². The number of esters is 1. The van der Waals surface area contributed by atoms with Crippen LogP contribution in [0.2, 0.25) is 0 Å². The molecule has 21 heavy (non-hydrogen) atoms. The van der Waals surface area contributed by atoms with Crippen LogP contribution < -0.4 is 5.32 Å². The molecule has 0 spiro atoms. The highest BCUT2D eigenvalue weighted by Gasteiger charge is 2.40. The number of ether oxygens (including phenoxy) is 1. The van der Waals surface area contributed by atoms with E-state index in [4.69, 9.17) is 16.3 Å². The van der Waals surface area contributed by atoms with E-state index in [0.717, 1.165) is 0 Å². The number of benzene rings is 1. The third kappa shape index (κ3) is 3.94. The minimum absolute atomic E-state index is 0.189. The average molecular weight is 316 g/mol. The molecule has 6 heteroatoms. The Kier molecular flexibility index (Phi) is 5.72. The molecule has 2 atom stereocenters. The van der Waals surface area contributed by atoms with E-state index in [-0.39, 0.29) is 5.92 Å². The highest BCUT2D eigenvalue weighted by atomic mass is 35.5. The lowest BCUT2D eigenvalue weighted by Gasteiger charge is -2.32. The van der Waals surface area contributed by atoms with Gasteiger partial charge in [0.25, 0.3) is 0 Å². The molecule has 0 aliphatic heterocycles. The summed E-state index contributed by atoms with van der Waals surface area (Å²) >= 11 is 6.08. The van der Waals surface area contributed by atoms with Crippen LogP contribution in [0.3, 0.4) is 0 Å². The van der Waals surface area contributed by atoms with Crippen molar-refractivity contribution in [3.63, 3.8) is 0 Å². The van der Waals surface area contributed by atoms with Crippen molar-refractivity contribution < 1.29 is 18.7 Å². The Morgan fingerprint density at radius 2 is 1.81 bits per heavy atom. The lowest BCUT2D eigenvalue weighted by atomic mass is 9.88. The van der Waals surface area contributed by atoms with Gasteiger partial charge in [-0.3, -0.25) is 4.79 Å². The molecule has 2 unspecified atom stereocenters. The van der Waals surface area contributed by atoms with Gasteiger partial charge in [-0.25, -0.2) is 9.18 Å². The first-order valence-corrected chi connectivity index (χ1v) is 6.96. The Labute approximate surface area is 128 Å². The maximum absolute atomic E-state index is 12.9. The number of carbonyl (C=O) groups excluding carboxylic acids is 2. The molecule has 0 aliphatic carbocycles. The molecule has 1 rings (SSSR count). The number of amides is 1. The predicted octanol–water partition coefficient (Wildman–Crippen LogP) is 2.81. The normalized spacial score (nSPS) is 15.2. The predicted molar refractivity (Wildman–Crippen MR) is 78.4 cm³/mol. The molecule has 0 saturated heterocycles. The maximum Gasteiger partial charge on any atom is 0.331 e. The average Bonchev–Trinajstić information content (AvgIpc) is 2.45. The van der Waals surface area contributed by atoms with Gasteiger partial charge in [0.1, 0.15) is 16.7 Å². The second-order valence-electron chi connectivity index (χ2n) is 5.25. The van der Waals surface area contributed by atoms with Gasteiger partial charge in [0.05, 0.1) is 7.11 Å². The standard InChI is InChI=1S/C15H19ClFNO3/c1-9(2)15(3,14(20)21-4)18-13(19)12(16)10-5-7-11(17)8-6-10/h5-9,12H,1-4H3,(H,18,19). The molecule has 1 amide bonds. The quantitative estimate of drug-likeness (QED) is 0.671. The number of nitrogens with one attached hydrogen (secondary N) is 1. The van der Waals surface area contributed by atoms with Crippen LogP contribution in [0, 0.1) is 11.7 Å². The van der Waals surface area contributed by atoms with Crippen molar-refractivity contribution in [2.24, 2.45) is 5.92 Å².